The quantitative estimate of drug-likeness (QED) is 0.533. The molecule has 31 heavy (non-hydrogen) atoms. The molecule has 1 aliphatic heterocycles. The molecule has 1 saturated carbocycles. The molecule has 4 aromatic rings. The Labute approximate surface area is 184 Å². The summed E-state index contributed by atoms with van der Waals surface area (Å²) in [4.78, 5) is 6.72. The van der Waals surface area contributed by atoms with Gasteiger partial charge in [-0.05, 0) is 38.0 Å². The summed E-state index contributed by atoms with van der Waals surface area (Å²) >= 11 is 6.76. The summed E-state index contributed by atoms with van der Waals surface area (Å²) in [6.07, 6.45) is 9.25. The van der Waals surface area contributed by atoms with Crippen LogP contribution in [0.1, 0.15) is 24.1 Å². The molecule has 0 amide bonds. The number of benzene rings is 1. The third-order valence-electron chi connectivity index (χ3n) is 7.03. The number of hydrogen-bond acceptors (Lipinski definition) is 5. The number of pyridine rings is 1. The predicted molar refractivity (Wildman–Crippen MR) is 120 cm³/mol. The summed E-state index contributed by atoms with van der Waals surface area (Å²) in [5.74, 6) is 0.149. The maximum Gasteiger partial charge on any atom is 0.116 e. The molecule has 1 aliphatic carbocycles. The van der Waals surface area contributed by atoms with Crippen molar-refractivity contribution >= 4 is 28.2 Å². The standard InChI is InChI=1S/C23H23ClN6O/c1-14-18(4-3-7-25-14)23(31)16-5-6-22(23)29(12-16)21-9-20-15(8-19(21)24)10-27-30(20)17-11-26-28(2)13-17/h3-4,7-11,13,16,22,31H,5-6,12H2,1-2H3/t16-,22-,23?/m1/s1. The molecule has 7 nitrogen and oxygen atoms in total. The molecule has 1 N–H and O–H groups in total. The maximum atomic E-state index is 11.9. The van der Waals surface area contributed by atoms with E-state index in [2.05, 4.69) is 26.1 Å². The fourth-order valence-electron chi connectivity index (χ4n) is 5.61. The van der Waals surface area contributed by atoms with Crippen LogP contribution in [0.15, 0.2) is 49.1 Å². The summed E-state index contributed by atoms with van der Waals surface area (Å²) in [6, 6.07) is 7.94. The van der Waals surface area contributed by atoms with Gasteiger partial charge in [0.1, 0.15) is 11.3 Å². The average Bonchev–Trinajstić information content (AvgIpc) is 3.50. The van der Waals surface area contributed by atoms with Crippen molar-refractivity contribution in [3.63, 3.8) is 0 Å². The van der Waals surface area contributed by atoms with Crippen molar-refractivity contribution in [1.29, 1.82) is 0 Å². The minimum atomic E-state index is -0.916. The highest BCUT2D eigenvalue weighted by Crippen LogP contribution is 2.54. The number of aryl methyl sites for hydroxylation is 2. The van der Waals surface area contributed by atoms with Crippen LogP contribution < -0.4 is 4.90 Å². The molecule has 4 heterocycles. The van der Waals surface area contributed by atoms with Crippen molar-refractivity contribution in [2.75, 3.05) is 11.4 Å². The smallest absolute Gasteiger partial charge is 0.116 e. The highest BCUT2D eigenvalue weighted by Gasteiger charge is 2.59. The molecule has 8 heteroatoms. The first-order valence-electron chi connectivity index (χ1n) is 10.5. The zero-order valence-corrected chi connectivity index (χ0v) is 18.2. The maximum absolute atomic E-state index is 11.9. The molecule has 0 spiro atoms. The lowest BCUT2D eigenvalue weighted by Crippen LogP contribution is -2.41. The highest BCUT2D eigenvalue weighted by molar-refractivity contribution is 6.34. The lowest BCUT2D eigenvalue weighted by atomic mass is 9.84. The van der Waals surface area contributed by atoms with E-state index >= 15 is 0 Å². The third kappa shape index (κ3) is 2.60. The third-order valence-corrected chi connectivity index (χ3v) is 7.34. The predicted octanol–water partition coefficient (Wildman–Crippen LogP) is 3.60. The molecule has 2 bridgehead atoms. The van der Waals surface area contributed by atoms with E-state index in [1.807, 2.05) is 49.2 Å². The second-order valence-corrected chi connectivity index (χ2v) is 9.10. The van der Waals surface area contributed by atoms with Crippen LogP contribution in [0.5, 0.6) is 0 Å². The van der Waals surface area contributed by atoms with Gasteiger partial charge in [-0.3, -0.25) is 9.67 Å². The average molecular weight is 435 g/mol. The van der Waals surface area contributed by atoms with Crippen molar-refractivity contribution in [3.05, 3.63) is 65.3 Å². The normalized spacial score (nSPS) is 25.1. The van der Waals surface area contributed by atoms with E-state index in [1.54, 1.807) is 17.1 Å². The summed E-state index contributed by atoms with van der Waals surface area (Å²) in [5, 5.41) is 22.4. The second-order valence-electron chi connectivity index (χ2n) is 8.70. The molecular formula is C23H23ClN6O. The van der Waals surface area contributed by atoms with Crippen LogP contribution >= 0.6 is 11.6 Å². The van der Waals surface area contributed by atoms with E-state index in [0.717, 1.165) is 52.9 Å². The van der Waals surface area contributed by atoms with E-state index in [-0.39, 0.29) is 12.0 Å². The van der Waals surface area contributed by atoms with Crippen LogP contribution in [0.4, 0.5) is 5.69 Å². The number of fused-ring (bicyclic) bond motifs is 3. The molecule has 1 saturated heterocycles. The summed E-state index contributed by atoms with van der Waals surface area (Å²) < 4.78 is 3.64. The van der Waals surface area contributed by atoms with Gasteiger partial charge in [-0.25, -0.2) is 4.68 Å². The number of rotatable bonds is 3. The highest BCUT2D eigenvalue weighted by atomic mass is 35.5. The van der Waals surface area contributed by atoms with Gasteiger partial charge < -0.3 is 10.0 Å². The summed E-state index contributed by atoms with van der Waals surface area (Å²) in [7, 11) is 1.89. The summed E-state index contributed by atoms with van der Waals surface area (Å²) in [6.45, 7) is 2.74. The topological polar surface area (TPSA) is 72.0 Å². The molecule has 2 fully saturated rings. The van der Waals surface area contributed by atoms with E-state index in [9.17, 15) is 5.11 Å². The largest absolute Gasteiger partial charge is 0.383 e. The lowest BCUT2D eigenvalue weighted by molar-refractivity contribution is 0.0131. The first kappa shape index (κ1) is 18.8. The van der Waals surface area contributed by atoms with Crippen molar-refractivity contribution < 1.29 is 5.11 Å². The molecule has 6 rings (SSSR count). The molecule has 3 atom stereocenters. The van der Waals surface area contributed by atoms with Gasteiger partial charge >= 0.3 is 0 Å². The number of hydrogen-bond donors (Lipinski definition) is 1. The van der Waals surface area contributed by atoms with Crippen LogP contribution in [0.25, 0.3) is 16.6 Å². The van der Waals surface area contributed by atoms with Crippen LogP contribution in [-0.4, -0.2) is 42.2 Å². The van der Waals surface area contributed by atoms with Gasteiger partial charge in [-0.15, -0.1) is 0 Å². The van der Waals surface area contributed by atoms with Gasteiger partial charge in [0.15, 0.2) is 0 Å². The minimum Gasteiger partial charge on any atom is -0.383 e. The number of halogens is 1. The summed E-state index contributed by atoms with van der Waals surface area (Å²) in [5.41, 5.74) is 3.71. The second kappa shape index (κ2) is 6.55. The van der Waals surface area contributed by atoms with Crippen LogP contribution in [0, 0.1) is 12.8 Å². The van der Waals surface area contributed by atoms with Gasteiger partial charge in [0.05, 0.1) is 40.9 Å². The Morgan fingerprint density at radius 3 is 2.84 bits per heavy atom. The Bertz CT molecular complexity index is 1310. The zero-order valence-electron chi connectivity index (χ0n) is 17.4. The van der Waals surface area contributed by atoms with E-state index in [1.165, 1.54) is 0 Å². The fourth-order valence-corrected chi connectivity index (χ4v) is 5.89. The monoisotopic (exact) mass is 434 g/mol. The number of nitrogens with zero attached hydrogens (tertiary/aromatic N) is 6. The first-order chi connectivity index (χ1) is 15.0. The Kier molecular flexibility index (Phi) is 3.98. The lowest BCUT2D eigenvalue weighted by Gasteiger charge is -2.34. The molecule has 1 aromatic carbocycles. The number of aromatic nitrogens is 5. The minimum absolute atomic E-state index is 0.0369. The SMILES string of the molecule is Cc1ncccc1C1(O)[C@@H]2CC[C@H]1N(c1cc3c(cnn3-c3cnn(C)c3)cc1Cl)C2. The number of piperidine rings is 1. The first-order valence-corrected chi connectivity index (χ1v) is 10.9. The van der Waals surface area contributed by atoms with E-state index in [4.69, 9.17) is 11.6 Å². The van der Waals surface area contributed by atoms with Crippen LogP contribution in [0.2, 0.25) is 5.02 Å². The number of aliphatic hydroxyl groups is 1. The van der Waals surface area contributed by atoms with E-state index < -0.39 is 5.60 Å². The Hall–Kier alpha value is -2.90. The van der Waals surface area contributed by atoms with Gasteiger partial charge in [0, 0.05) is 42.4 Å². The van der Waals surface area contributed by atoms with Crippen molar-refractivity contribution in [2.45, 2.75) is 31.4 Å². The molecular weight excluding hydrogens is 412 g/mol. The Balaban J connectivity index is 1.46. The molecule has 158 valence electrons. The van der Waals surface area contributed by atoms with Gasteiger partial charge in [0.2, 0.25) is 0 Å². The van der Waals surface area contributed by atoms with Crippen LogP contribution in [-0.2, 0) is 12.6 Å². The van der Waals surface area contributed by atoms with Crippen molar-refractivity contribution in [2.24, 2.45) is 13.0 Å². The van der Waals surface area contributed by atoms with Gasteiger partial charge in [0.25, 0.3) is 0 Å². The van der Waals surface area contributed by atoms with Crippen molar-refractivity contribution in [1.82, 2.24) is 24.5 Å². The Morgan fingerprint density at radius 1 is 1.19 bits per heavy atom. The van der Waals surface area contributed by atoms with Gasteiger partial charge in [-0.2, -0.15) is 10.2 Å². The van der Waals surface area contributed by atoms with E-state index in [0.29, 0.717) is 5.02 Å². The number of anilines is 1. The van der Waals surface area contributed by atoms with Crippen molar-refractivity contribution in [3.8, 4) is 5.69 Å². The molecule has 3 aromatic heterocycles. The zero-order chi connectivity index (χ0) is 21.3. The van der Waals surface area contributed by atoms with Gasteiger partial charge in [-0.1, -0.05) is 17.7 Å². The fraction of sp³-hybridized carbons (Fsp3) is 0.348. The Morgan fingerprint density at radius 2 is 2.06 bits per heavy atom. The molecule has 2 aliphatic rings. The van der Waals surface area contributed by atoms with Crippen LogP contribution in [0.3, 0.4) is 0 Å². The molecule has 1 unspecified atom stereocenters. The molecule has 0 radical (unpaired) electrons.